The number of hydrogen-bond donors (Lipinski definition) is 1. The smallest absolute Gasteiger partial charge is 0.168 e. The number of halogens is 3. The number of benzene rings is 2. The molecule has 0 aliphatic rings. The van der Waals surface area contributed by atoms with E-state index in [-0.39, 0.29) is 5.75 Å². The van der Waals surface area contributed by atoms with Crippen molar-refractivity contribution in [3.8, 4) is 11.5 Å². The van der Waals surface area contributed by atoms with Crippen LogP contribution < -0.4 is 10.1 Å². The summed E-state index contributed by atoms with van der Waals surface area (Å²) in [6, 6.07) is 8.38. The van der Waals surface area contributed by atoms with Crippen LogP contribution in [0.3, 0.4) is 0 Å². The van der Waals surface area contributed by atoms with E-state index in [0.29, 0.717) is 17.3 Å². The van der Waals surface area contributed by atoms with Crippen molar-refractivity contribution < 1.29 is 13.5 Å². The van der Waals surface area contributed by atoms with Crippen LogP contribution in [0.1, 0.15) is 5.56 Å². The van der Waals surface area contributed by atoms with Gasteiger partial charge < -0.3 is 10.1 Å². The van der Waals surface area contributed by atoms with Crippen molar-refractivity contribution in [2.45, 2.75) is 6.54 Å². The minimum atomic E-state index is -0.768. The highest BCUT2D eigenvalue weighted by Gasteiger charge is 2.12. The fourth-order valence-electron chi connectivity index (χ4n) is 1.67. The molecule has 0 aromatic heterocycles. The van der Waals surface area contributed by atoms with Gasteiger partial charge in [-0.15, -0.1) is 0 Å². The Bertz CT molecular complexity index is 590. The van der Waals surface area contributed by atoms with Crippen LogP contribution in [0, 0.1) is 11.6 Å². The summed E-state index contributed by atoms with van der Waals surface area (Å²) in [6.45, 7) is 0.526. The topological polar surface area (TPSA) is 21.3 Å². The van der Waals surface area contributed by atoms with Gasteiger partial charge in [-0.2, -0.15) is 0 Å². The zero-order valence-electron chi connectivity index (χ0n) is 10.2. The molecule has 2 rings (SSSR count). The molecule has 2 nitrogen and oxygen atoms in total. The first-order chi connectivity index (χ1) is 9.11. The van der Waals surface area contributed by atoms with Gasteiger partial charge in [-0.3, -0.25) is 0 Å². The van der Waals surface area contributed by atoms with E-state index in [1.165, 1.54) is 6.07 Å². The maximum Gasteiger partial charge on any atom is 0.168 e. The molecule has 1 N–H and O–H groups in total. The Hall–Kier alpha value is -1.65. The van der Waals surface area contributed by atoms with Gasteiger partial charge in [0.05, 0.1) is 5.02 Å². The Labute approximate surface area is 115 Å². The minimum absolute atomic E-state index is 0.0631. The molecule has 0 unspecified atom stereocenters. The molecule has 0 saturated heterocycles. The van der Waals surface area contributed by atoms with Crippen LogP contribution >= 0.6 is 11.6 Å². The largest absolute Gasteiger partial charge is 0.452 e. The molecule has 0 fully saturated rings. The van der Waals surface area contributed by atoms with Crippen LogP contribution in [-0.4, -0.2) is 7.05 Å². The lowest BCUT2D eigenvalue weighted by Crippen LogP contribution is -2.06. The van der Waals surface area contributed by atoms with E-state index in [2.05, 4.69) is 5.32 Å². The standard InChI is InChI=1S/C14H12ClF2NO/c1-18-8-9-3-2-4-11(15)14(9)19-13-6-5-10(16)7-12(13)17/h2-7,18H,8H2,1H3. The average molecular weight is 284 g/mol. The number of nitrogens with one attached hydrogen (secondary N) is 1. The fraction of sp³-hybridized carbons (Fsp3) is 0.143. The monoisotopic (exact) mass is 283 g/mol. The van der Waals surface area contributed by atoms with Gasteiger partial charge in [0.25, 0.3) is 0 Å². The second-order valence-corrected chi connectivity index (χ2v) is 4.34. The van der Waals surface area contributed by atoms with Crippen molar-refractivity contribution >= 4 is 11.6 Å². The van der Waals surface area contributed by atoms with Crippen molar-refractivity contribution in [3.63, 3.8) is 0 Å². The quantitative estimate of drug-likeness (QED) is 0.911. The van der Waals surface area contributed by atoms with Gasteiger partial charge in [0.1, 0.15) is 5.82 Å². The summed E-state index contributed by atoms with van der Waals surface area (Å²) < 4.78 is 31.9. The molecule has 19 heavy (non-hydrogen) atoms. The third-order valence-electron chi connectivity index (χ3n) is 2.52. The van der Waals surface area contributed by atoms with Gasteiger partial charge in [-0.1, -0.05) is 23.7 Å². The summed E-state index contributed by atoms with van der Waals surface area (Å²) in [4.78, 5) is 0. The first kappa shape index (κ1) is 13.8. The highest BCUT2D eigenvalue weighted by atomic mass is 35.5. The van der Waals surface area contributed by atoms with Crippen molar-refractivity contribution in [2.75, 3.05) is 7.05 Å². The molecule has 0 bridgehead atoms. The molecule has 0 aliphatic heterocycles. The van der Waals surface area contributed by atoms with E-state index in [1.54, 1.807) is 19.2 Å². The molecule has 0 radical (unpaired) electrons. The van der Waals surface area contributed by atoms with Crippen LogP contribution in [0.4, 0.5) is 8.78 Å². The molecule has 2 aromatic carbocycles. The normalized spacial score (nSPS) is 10.5. The maximum atomic E-state index is 13.6. The van der Waals surface area contributed by atoms with Gasteiger partial charge in [0, 0.05) is 18.2 Å². The number of ether oxygens (including phenoxy) is 1. The summed E-state index contributed by atoms with van der Waals surface area (Å²) in [5.74, 6) is -1.12. The number of hydrogen-bond acceptors (Lipinski definition) is 2. The molecule has 0 spiro atoms. The predicted octanol–water partition coefficient (Wildman–Crippen LogP) is 4.13. The van der Waals surface area contributed by atoms with Crippen LogP contribution in [-0.2, 0) is 6.54 Å². The van der Waals surface area contributed by atoms with Gasteiger partial charge in [0.2, 0.25) is 0 Å². The SMILES string of the molecule is CNCc1cccc(Cl)c1Oc1ccc(F)cc1F. The summed E-state index contributed by atoms with van der Waals surface area (Å²) in [7, 11) is 1.78. The van der Waals surface area contributed by atoms with Crippen molar-refractivity contribution in [1.29, 1.82) is 0 Å². The van der Waals surface area contributed by atoms with Crippen LogP contribution in [0.15, 0.2) is 36.4 Å². The molecule has 0 saturated carbocycles. The summed E-state index contributed by atoms with van der Waals surface area (Å²) in [6.07, 6.45) is 0. The second kappa shape index (κ2) is 5.99. The lowest BCUT2D eigenvalue weighted by molar-refractivity contribution is 0.432. The second-order valence-electron chi connectivity index (χ2n) is 3.94. The van der Waals surface area contributed by atoms with E-state index in [9.17, 15) is 8.78 Å². The molecule has 2 aromatic rings. The predicted molar refractivity (Wildman–Crippen MR) is 70.6 cm³/mol. The summed E-state index contributed by atoms with van der Waals surface area (Å²) >= 11 is 6.05. The van der Waals surface area contributed by atoms with E-state index in [0.717, 1.165) is 17.7 Å². The van der Waals surface area contributed by atoms with Gasteiger partial charge in [-0.05, 0) is 25.2 Å². The molecular weight excluding hydrogens is 272 g/mol. The summed E-state index contributed by atoms with van der Waals surface area (Å²) in [5.41, 5.74) is 0.790. The average Bonchev–Trinajstić information content (AvgIpc) is 2.36. The minimum Gasteiger partial charge on any atom is -0.452 e. The molecule has 0 heterocycles. The van der Waals surface area contributed by atoms with Gasteiger partial charge in [0.15, 0.2) is 17.3 Å². The third kappa shape index (κ3) is 3.22. The van der Waals surface area contributed by atoms with Crippen LogP contribution in [0.5, 0.6) is 11.5 Å². The fourth-order valence-corrected chi connectivity index (χ4v) is 1.90. The third-order valence-corrected chi connectivity index (χ3v) is 2.82. The van der Waals surface area contributed by atoms with Crippen LogP contribution in [0.25, 0.3) is 0 Å². The molecule has 100 valence electrons. The first-order valence-electron chi connectivity index (χ1n) is 5.66. The number of rotatable bonds is 4. The molecule has 0 amide bonds. The Morgan fingerprint density at radius 3 is 2.68 bits per heavy atom. The zero-order valence-corrected chi connectivity index (χ0v) is 11.0. The highest BCUT2D eigenvalue weighted by Crippen LogP contribution is 2.34. The Morgan fingerprint density at radius 1 is 1.21 bits per heavy atom. The van der Waals surface area contributed by atoms with Crippen molar-refractivity contribution in [1.82, 2.24) is 5.32 Å². The van der Waals surface area contributed by atoms with E-state index < -0.39 is 11.6 Å². The van der Waals surface area contributed by atoms with E-state index >= 15 is 0 Å². The number of para-hydroxylation sites is 1. The van der Waals surface area contributed by atoms with Crippen molar-refractivity contribution in [2.24, 2.45) is 0 Å². The Morgan fingerprint density at radius 2 is 2.00 bits per heavy atom. The Balaban J connectivity index is 2.37. The van der Waals surface area contributed by atoms with Gasteiger partial charge in [-0.25, -0.2) is 8.78 Å². The molecule has 0 atom stereocenters. The highest BCUT2D eigenvalue weighted by molar-refractivity contribution is 6.32. The molecule has 5 heteroatoms. The maximum absolute atomic E-state index is 13.6. The lowest BCUT2D eigenvalue weighted by Gasteiger charge is -2.13. The van der Waals surface area contributed by atoms with Gasteiger partial charge >= 0.3 is 0 Å². The van der Waals surface area contributed by atoms with E-state index in [4.69, 9.17) is 16.3 Å². The lowest BCUT2D eigenvalue weighted by atomic mass is 10.2. The van der Waals surface area contributed by atoms with Crippen molar-refractivity contribution in [3.05, 3.63) is 58.6 Å². The Kier molecular flexibility index (Phi) is 4.35. The first-order valence-corrected chi connectivity index (χ1v) is 6.04. The molecular formula is C14H12ClF2NO. The van der Waals surface area contributed by atoms with E-state index in [1.807, 2.05) is 6.07 Å². The zero-order chi connectivity index (χ0) is 13.8. The van der Waals surface area contributed by atoms with Crippen LogP contribution in [0.2, 0.25) is 5.02 Å². The molecule has 0 aliphatic carbocycles. The summed E-state index contributed by atoms with van der Waals surface area (Å²) in [5, 5.41) is 3.34.